The first kappa shape index (κ1) is 16.9. The van der Waals surface area contributed by atoms with Crippen LogP contribution in [0.4, 0.5) is 0 Å². The third-order valence-corrected chi connectivity index (χ3v) is 14.7. The number of hydrogen-bond donors (Lipinski definition) is 2. The average Bonchev–Trinajstić information content (AvgIpc) is 2.25. The van der Waals surface area contributed by atoms with Crippen LogP contribution in [0.5, 0.6) is 0 Å². The molecule has 0 aliphatic rings. The standard InChI is InChI=1S/C6H15OSi.C4H9O.2H2O.Zr/c1-4-8(7,5-2)6-3;1-3-4(2)5;;;/h4-6H2,1-3H3;4H,3H2,1-2H3;2*1H2;/q2*-1;;;+4/p-2. The Kier molecular flexibility index (Phi) is 7.83. The minimum absolute atomic E-state index is 0.136. The molecule has 1 atom stereocenters. The molecule has 0 fully saturated rings. The summed E-state index contributed by atoms with van der Waals surface area (Å²) in [6, 6.07) is 2.72. The van der Waals surface area contributed by atoms with Crippen LogP contribution in [0, 0.1) is 0 Å². The van der Waals surface area contributed by atoms with Crippen LogP contribution in [-0.4, -0.2) is 20.8 Å². The van der Waals surface area contributed by atoms with Gasteiger partial charge in [-0.1, -0.05) is 0 Å². The molecule has 1 unspecified atom stereocenters. The predicted molar refractivity (Wildman–Crippen MR) is 63.6 cm³/mol. The van der Waals surface area contributed by atoms with Crippen LogP contribution in [-0.2, 0) is 27.3 Å². The van der Waals surface area contributed by atoms with Crippen LogP contribution in [0.15, 0.2) is 0 Å². The molecule has 0 saturated heterocycles. The molecule has 0 radical (unpaired) electrons. The van der Waals surface area contributed by atoms with Gasteiger partial charge in [0, 0.05) is 0 Å². The summed E-state index contributed by atoms with van der Waals surface area (Å²) in [5.74, 6) is 0. The summed E-state index contributed by atoms with van der Waals surface area (Å²) in [5, 5.41) is 0. The fourth-order valence-electron chi connectivity index (χ4n) is 1.62. The van der Waals surface area contributed by atoms with E-state index >= 15 is 0 Å². The van der Waals surface area contributed by atoms with Crippen LogP contribution >= 0.6 is 0 Å². The Hall–Kier alpha value is 0.940. The average molecular weight is 330 g/mol. The van der Waals surface area contributed by atoms with Crippen molar-refractivity contribution < 1.29 is 33.7 Å². The predicted octanol–water partition coefficient (Wildman–Crippen LogP) is 2.62. The molecule has 2 N–H and O–H groups in total. The van der Waals surface area contributed by atoms with E-state index in [2.05, 4.69) is 20.8 Å². The molecule has 98 valence electrons. The molecule has 0 aromatic heterocycles. The van der Waals surface area contributed by atoms with Crippen molar-refractivity contribution in [1.29, 1.82) is 0 Å². The zero-order valence-electron chi connectivity index (χ0n) is 11.1. The summed E-state index contributed by atoms with van der Waals surface area (Å²) in [4.78, 5) is 0. The van der Waals surface area contributed by atoms with Gasteiger partial charge in [-0.15, -0.1) is 0 Å². The third kappa shape index (κ3) is 5.52. The zero-order chi connectivity index (χ0) is 12.8. The maximum atomic E-state index is 9.90. The Bertz CT molecular complexity index is 189. The normalized spacial score (nSPS) is 15.2. The summed E-state index contributed by atoms with van der Waals surface area (Å²) in [6.07, 6.45) is 0.630. The molecule has 0 bridgehead atoms. The molecule has 0 amide bonds. The second-order valence-electron chi connectivity index (χ2n) is 4.23. The fourth-order valence-corrected chi connectivity index (χ4v) is 13.6. The first-order valence-electron chi connectivity index (χ1n) is 6.17. The van der Waals surface area contributed by atoms with E-state index in [9.17, 15) is 6.37 Å². The molecule has 0 saturated carbocycles. The van der Waals surface area contributed by atoms with Crippen LogP contribution in [0.1, 0.15) is 41.0 Å². The van der Waals surface area contributed by atoms with E-state index in [0.717, 1.165) is 24.6 Å². The third-order valence-electron chi connectivity index (χ3n) is 3.21. The zero-order valence-corrected chi connectivity index (χ0v) is 14.6. The van der Waals surface area contributed by atoms with E-state index in [4.69, 9.17) is 5.32 Å². The first-order chi connectivity index (χ1) is 7.34. The van der Waals surface area contributed by atoms with Gasteiger partial charge < -0.3 is 0 Å². The quantitative estimate of drug-likeness (QED) is 0.672. The minimum atomic E-state index is -4.69. The van der Waals surface area contributed by atoms with E-state index in [0.29, 0.717) is 0 Å². The van der Waals surface area contributed by atoms with Crippen LogP contribution in [0.3, 0.4) is 0 Å². The molecule has 0 aliphatic heterocycles. The molecule has 0 heterocycles. The fraction of sp³-hybridized carbons (Fsp3) is 1.00. The summed E-state index contributed by atoms with van der Waals surface area (Å²) >= 11 is -4.69. The Balaban J connectivity index is 4.52. The van der Waals surface area contributed by atoms with Gasteiger partial charge in [0.05, 0.1) is 0 Å². The Morgan fingerprint density at radius 1 is 1.06 bits per heavy atom. The summed E-state index contributed by atoms with van der Waals surface area (Å²) < 4.78 is 30.8. The van der Waals surface area contributed by atoms with Crippen molar-refractivity contribution in [2.24, 2.45) is 0 Å². The maximum absolute atomic E-state index is 9.90. The van der Waals surface area contributed by atoms with Crippen molar-refractivity contribution in [3.8, 4) is 0 Å². The number of hydrogen-bond acceptors (Lipinski definition) is 4. The second kappa shape index (κ2) is 7.39. The molecule has 4 nitrogen and oxygen atoms in total. The van der Waals surface area contributed by atoms with Gasteiger partial charge in [-0.2, -0.15) is 0 Å². The molecule has 0 aromatic rings. The van der Waals surface area contributed by atoms with Crippen molar-refractivity contribution in [2.75, 3.05) is 0 Å². The first-order valence-corrected chi connectivity index (χ1v) is 12.9. The Morgan fingerprint density at radius 3 is 1.81 bits per heavy atom. The molecule has 0 aliphatic carbocycles. The van der Waals surface area contributed by atoms with Crippen molar-refractivity contribution in [2.45, 2.75) is 65.3 Å². The van der Waals surface area contributed by atoms with Gasteiger partial charge in [-0.25, -0.2) is 0 Å². The van der Waals surface area contributed by atoms with E-state index in [1.807, 2.05) is 13.8 Å². The number of rotatable bonds is 8. The van der Waals surface area contributed by atoms with Crippen molar-refractivity contribution in [3.63, 3.8) is 0 Å². The molecular formula is C10H26O4SiZr. The monoisotopic (exact) mass is 328 g/mol. The topological polar surface area (TPSA) is 58.9 Å². The summed E-state index contributed by atoms with van der Waals surface area (Å²) in [5.41, 5.74) is 0. The van der Waals surface area contributed by atoms with Gasteiger partial charge in [-0.05, 0) is 0 Å². The van der Waals surface area contributed by atoms with E-state index < -0.39 is 30.3 Å². The second-order valence-corrected chi connectivity index (χ2v) is 13.7. The van der Waals surface area contributed by atoms with Crippen LogP contribution in [0.2, 0.25) is 18.1 Å². The molecule has 6 heteroatoms. The van der Waals surface area contributed by atoms with Crippen molar-refractivity contribution in [3.05, 3.63) is 0 Å². The van der Waals surface area contributed by atoms with Crippen LogP contribution < -0.4 is 0 Å². The summed E-state index contributed by atoms with van der Waals surface area (Å²) in [7, 11) is -1.96. The van der Waals surface area contributed by atoms with Crippen LogP contribution in [0.25, 0.3) is 0 Å². The SMILES string of the molecule is CCC(C)[O][Zr]([OH])([OH])[O][Si](CC)(CC)CC. The van der Waals surface area contributed by atoms with E-state index in [1.54, 1.807) is 0 Å². The Labute approximate surface area is 107 Å². The van der Waals surface area contributed by atoms with E-state index in [1.165, 1.54) is 0 Å². The Morgan fingerprint density at radius 2 is 1.50 bits per heavy atom. The molecule has 0 aromatic carbocycles. The van der Waals surface area contributed by atoms with Gasteiger partial charge in [0.2, 0.25) is 0 Å². The molecule has 0 rings (SSSR count). The van der Waals surface area contributed by atoms with Gasteiger partial charge in [0.1, 0.15) is 0 Å². The summed E-state index contributed by atoms with van der Waals surface area (Å²) in [6.45, 7) is 9.98. The van der Waals surface area contributed by atoms with Gasteiger partial charge in [0.15, 0.2) is 0 Å². The van der Waals surface area contributed by atoms with Gasteiger partial charge in [-0.3, -0.25) is 0 Å². The molecule has 0 spiro atoms. The van der Waals surface area contributed by atoms with E-state index in [-0.39, 0.29) is 6.10 Å². The van der Waals surface area contributed by atoms with Gasteiger partial charge >= 0.3 is 107 Å². The molecular weight excluding hydrogens is 303 g/mol. The molecule has 16 heavy (non-hydrogen) atoms. The van der Waals surface area contributed by atoms with Crippen molar-refractivity contribution in [1.82, 2.24) is 0 Å². The van der Waals surface area contributed by atoms with Gasteiger partial charge in [0.25, 0.3) is 0 Å². The van der Waals surface area contributed by atoms with Crippen molar-refractivity contribution >= 4 is 8.32 Å².